The molecule has 0 spiro atoms. The molecule has 0 radical (unpaired) electrons. The van der Waals surface area contributed by atoms with Crippen molar-refractivity contribution in [2.24, 2.45) is 0 Å². The summed E-state index contributed by atoms with van der Waals surface area (Å²) in [5.74, 6) is 1.06. The summed E-state index contributed by atoms with van der Waals surface area (Å²) >= 11 is 0. The average molecular weight is 400 g/mol. The number of piperidine rings is 1. The van der Waals surface area contributed by atoms with E-state index in [1.165, 1.54) is 0 Å². The van der Waals surface area contributed by atoms with Gasteiger partial charge in [-0.25, -0.2) is 14.4 Å². The van der Waals surface area contributed by atoms with Crippen LogP contribution in [0.4, 0.5) is 10.2 Å². The van der Waals surface area contributed by atoms with Crippen LogP contribution in [0.25, 0.3) is 17.0 Å². The maximum absolute atomic E-state index is 14.1. The fourth-order valence-corrected chi connectivity index (χ4v) is 3.54. The van der Waals surface area contributed by atoms with E-state index >= 15 is 0 Å². The molecule has 3 N–H and O–H groups in total. The molecule has 0 aromatic carbocycles. The van der Waals surface area contributed by atoms with Crippen molar-refractivity contribution in [1.82, 2.24) is 24.7 Å². The van der Waals surface area contributed by atoms with Gasteiger partial charge in [0.2, 0.25) is 0 Å². The molecule has 2 atom stereocenters. The number of aliphatic hydroxyl groups is 1. The summed E-state index contributed by atoms with van der Waals surface area (Å²) in [5, 5.41) is 16.8. The number of rotatable bonds is 5. The smallest absolute Gasteiger partial charge is 0.145 e. The van der Waals surface area contributed by atoms with Crippen molar-refractivity contribution in [3.05, 3.63) is 36.4 Å². The standard InChI is InChI=1S/C20H25FN6O2/c1-20(2,28)12-11-27-16(9-24-19(27)6-17(12)29-3)15-8-23-10-18(26-15)25-14-7-22-5-4-13(14)21/h6,8-11,13-14,22,28H,4-5,7H2,1-3H3,(H,25,26)/t13-,14-/m0/s1. The predicted octanol–water partition coefficient (Wildman–Crippen LogP) is 2.14. The molecule has 3 aromatic heterocycles. The number of hydrogen-bond acceptors (Lipinski definition) is 7. The Morgan fingerprint density at radius 2 is 2.17 bits per heavy atom. The van der Waals surface area contributed by atoms with E-state index in [1.807, 2.05) is 4.40 Å². The Hall–Kier alpha value is -2.78. The normalized spacial score (nSPS) is 20.0. The Balaban J connectivity index is 1.71. The van der Waals surface area contributed by atoms with Gasteiger partial charge in [0.15, 0.2) is 0 Å². The van der Waals surface area contributed by atoms with Gasteiger partial charge in [0.1, 0.15) is 29.1 Å². The van der Waals surface area contributed by atoms with Crippen molar-refractivity contribution >= 4 is 11.5 Å². The fraction of sp³-hybridized carbons (Fsp3) is 0.450. The number of anilines is 1. The Morgan fingerprint density at radius 3 is 2.90 bits per heavy atom. The molecule has 0 amide bonds. The summed E-state index contributed by atoms with van der Waals surface area (Å²) in [7, 11) is 1.56. The monoisotopic (exact) mass is 400 g/mol. The van der Waals surface area contributed by atoms with Crippen LogP contribution in [0.1, 0.15) is 25.8 Å². The molecule has 0 saturated carbocycles. The van der Waals surface area contributed by atoms with E-state index < -0.39 is 11.8 Å². The molecule has 8 nitrogen and oxygen atoms in total. The summed E-state index contributed by atoms with van der Waals surface area (Å²) in [4.78, 5) is 13.3. The number of hydrogen-bond donors (Lipinski definition) is 3. The minimum atomic E-state index is -1.10. The van der Waals surface area contributed by atoms with Crippen molar-refractivity contribution in [1.29, 1.82) is 0 Å². The Labute approximate surface area is 168 Å². The van der Waals surface area contributed by atoms with Gasteiger partial charge in [-0.2, -0.15) is 0 Å². The van der Waals surface area contributed by atoms with Crippen LogP contribution >= 0.6 is 0 Å². The summed E-state index contributed by atoms with van der Waals surface area (Å²) < 4.78 is 21.4. The minimum absolute atomic E-state index is 0.346. The van der Waals surface area contributed by atoms with E-state index in [2.05, 4.69) is 25.6 Å². The van der Waals surface area contributed by atoms with Gasteiger partial charge in [0.05, 0.1) is 43.0 Å². The number of fused-ring (bicyclic) bond motifs is 1. The zero-order valence-electron chi connectivity index (χ0n) is 16.7. The highest BCUT2D eigenvalue weighted by molar-refractivity contribution is 5.63. The number of pyridine rings is 1. The molecule has 1 aliphatic rings. The quantitative estimate of drug-likeness (QED) is 0.604. The van der Waals surface area contributed by atoms with E-state index in [9.17, 15) is 9.50 Å². The average Bonchev–Trinajstić information content (AvgIpc) is 3.11. The molecular formula is C20H25FN6O2. The summed E-state index contributed by atoms with van der Waals surface area (Å²) in [6.07, 6.45) is 6.24. The van der Waals surface area contributed by atoms with Crippen LogP contribution in [-0.2, 0) is 5.60 Å². The van der Waals surface area contributed by atoms with E-state index in [0.29, 0.717) is 53.7 Å². The number of nitrogens with one attached hydrogen (secondary N) is 2. The van der Waals surface area contributed by atoms with Gasteiger partial charge in [0, 0.05) is 24.4 Å². The van der Waals surface area contributed by atoms with Gasteiger partial charge in [-0.1, -0.05) is 0 Å². The van der Waals surface area contributed by atoms with Gasteiger partial charge >= 0.3 is 0 Å². The predicted molar refractivity (Wildman–Crippen MR) is 108 cm³/mol. The molecule has 3 aromatic rings. The molecular weight excluding hydrogens is 375 g/mol. The fourth-order valence-electron chi connectivity index (χ4n) is 3.54. The molecule has 4 rings (SSSR count). The third-order valence-electron chi connectivity index (χ3n) is 5.12. The van der Waals surface area contributed by atoms with E-state index in [4.69, 9.17) is 4.74 Å². The second-order valence-electron chi connectivity index (χ2n) is 7.74. The van der Waals surface area contributed by atoms with Crippen LogP contribution in [0.2, 0.25) is 0 Å². The zero-order chi connectivity index (χ0) is 20.6. The van der Waals surface area contributed by atoms with Crippen LogP contribution in [0, 0.1) is 0 Å². The molecule has 1 saturated heterocycles. The maximum atomic E-state index is 14.1. The SMILES string of the molecule is COc1cc2ncc(-c3cncc(N[C@H]4CNCC[C@@H]4F)n3)n2cc1C(C)(C)O. The highest BCUT2D eigenvalue weighted by atomic mass is 19.1. The molecule has 0 aliphatic carbocycles. The highest BCUT2D eigenvalue weighted by Gasteiger charge is 2.25. The molecule has 29 heavy (non-hydrogen) atoms. The Bertz CT molecular complexity index is 1020. The molecule has 0 bridgehead atoms. The van der Waals surface area contributed by atoms with Gasteiger partial charge in [0.25, 0.3) is 0 Å². The van der Waals surface area contributed by atoms with Crippen LogP contribution in [0.3, 0.4) is 0 Å². The number of imidazole rings is 1. The first kappa shape index (κ1) is 19.5. The third-order valence-corrected chi connectivity index (χ3v) is 5.12. The number of nitrogens with zero attached hydrogens (tertiary/aromatic N) is 4. The van der Waals surface area contributed by atoms with Crippen molar-refractivity contribution in [2.75, 3.05) is 25.5 Å². The number of methoxy groups -OCH3 is 1. The summed E-state index contributed by atoms with van der Waals surface area (Å²) in [5.41, 5.74) is 1.49. The molecule has 154 valence electrons. The largest absolute Gasteiger partial charge is 0.496 e. The maximum Gasteiger partial charge on any atom is 0.145 e. The lowest BCUT2D eigenvalue weighted by Gasteiger charge is -2.27. The number of ether oxygens (including phenoxy) is 1. The topological polar surface area (TPSA) is 96.6 Å². The van der Waals surface area contributed by atoms with Crippen molar-refractivity contribution < 1.29 is 14.2 Å². The van der Waals surface area contributed by atoms with Gasteiger partial charge < -0.3 is 20.5 Å². The van der Waals surface area contributed by atoms with Crippen molar-refractivity contribution in [2.45, 2.75) is 38.1 Å². The van der Waals surface area contributed by atoms with Crippen LogP contribution in [-0.4, -0.2) is 56.9 Å². The molecule has 0 unspecified atom stereocenters. The van der Waals surface area contributed by atoms with Crippen molar-refractivity contribution in [3.8, 4) is 17.1 Å². The van der Waals surface area contributed by atoms with E-state index in [-0.39, 0.29) is 6.04 Å². The lowest BCUT2D eigenvalue weighted by atomic mass is 9.99. The van der Waals surface area contributed by atoms with Crippen LogP contribution < -0.4 is 15.4 Å². The molecule has 1 aliphatic heterocycles. The van der Waals surface area contributed by atoms with Gasteiger partial charge in [-0.3, -0.25) is 9.38 Å². The van der Waals surface area contributed by atoms with E-state index in [0.717, 1.165) is 0 Å². The second-order valence-corrected chi connectivity index (χ2v) is 7.74. The number of aromatic nitrogens is 4. The lowest BCUT2D eigenvalue weighted by molar-refractivity contribution is 0.0752. The first-order chi connectivity index (χ1) is 13.9. The number of halogens is 1. The molecule has 4 heterocycles. The zero-order valence-corrected chi connectivity index (χ0v) is 16.7. The molecule has 9 heteroatoms. The third kappa shape index (κ3) is 3.88. The summed E-state index contributed by atoms with van der Waals surface area (Å²) in [6.45, 7) is 4.61. The van der Waals surface area contributed by atoms with Gasteiger partial charge in [-0.15, -0.1) is 0 Å². The lowest BCUT2D eigenvalue weighted by Crippen LogP contribution is -2.46. The van der Waals surface area contributed by atoms with Crippen LogP contribution in [0.15, 0.2) is 30.9 Å². The van der Waals surface area contributed by atoms with Gasteiger partial charge in [-0.05, 0) is 26.8 Å². The Kier molecular flexibility index (Phi) is 5.10. The minimum Gasteiger partial charge on any atom is -0.496 e. The van der Waals surface area contributed by atoms with Crippen molar-refractivity contribution in [3.63, 3.8) is 0 Å². The first-order valence-electron chi connectivity index (χ1n) is 9.58. The molecule has 1 fully saturated rings. The van der Waals surface area contributed by atoms with Crippen LogP contribution in [0.5, 0.6) is 5.75 Å². The number of alkyl halides is 1. The second kappa shape index (κ2) is 7.57. The van der Waals surface area contributed by atoms with E-state index in [1.54, 1.807) is 51.8 Å². The Morgan fingerprint density at radius 1 is 1.34 bits per heavy atom. The first-order valence-corrected chi connectivity index (χ1v) is 9.58. The highest BCUT2D eigenvalue weighted by Crippen LogP contribution is 2.32. The summed E-state index contributed by atoms with van der Waals surface area (Å²) in [6, 6.07) is 1.43.